The lowest BCUT2D eigenvalue weighted by Gasteiger charge is -2.37. The average Bonchev–Trinajstić information content (AvgIpc) is 3.28. The topological polar surface area (TPSA) is 58.1 Å². The lowest BCUT2D eigenvalue weighted by Crippen LogP contribution is -2.53. The summed E-state index contributed by atoms with van der Waals surface area (Å²) in [6, 6.07) is 7.05. The van der Waals surface area contributed by atoms with Crippen LogP contribution >= 0.6 is 11.8 Å². The Balaban J connectivity index is 1.65. The van der Waals surface area contributed by atoms with Crippen molar-refractivity contribution in [3.8, 4) is 0 Å². The maximum absolute atomic E-state index is 5.69. The molecule has 2 aliphatic rings. The molecule has 1 aromatic carbocycles. The van der Waals surface area contributed by atoms with Crippen LogP contribution in [0.1, 0.15) is 24.5 Å². The highest BCUT2D eigenvalue weighted by Gasteiger charge is 2.31. The van der Waals surface area contributed by atoms with Crippen molar-refractivity contribution in [1.29, 1.82) is 0 Å². The molecule has 2 fully saturated rings. The normalized spacial score (nSPS) is 21.9. The van der Waals surface area contributed by atoms with Crippen LogP contribution in [0.3, 0.4) is 0 Å². The fourth-order valence-corrected chi connectivity index (χ4v) is 4.75. The van der Waals surface area contributed by atoms with Crippen molar-refractivity contribution < 1.29 is 9.47 Å². The van der Waals surface area contributed by atoms with Gasteiger partial charge < -0.3 is 20.1 Å². The lowest BCUT2D eigenvalue weighted by molar-refractivity contribution is 0.00246. The first-order chi connectivity index (χ1) is 14.2. The number of hydrogen-bond donors (Lipinski definition) is 2. The maximum Gasteiger partial charge on any atom is 0.191 e. The zero-order valence-electron chi connectivity index (χ0n) is 18.1. The highest BCUT2D eigenvalue weighted by atomic mass is 32.2. The standard InChI is InChI=1S/C22H36N4O2S/c1-4-23-22(24-14-18-6-5-17(2)13-21(18)29-3)25-15-20(19-7-10-28-16-19)26-8-11-27-12-9-26/h5-6,13,19-20H,4,7-12,14-16H2,1-3H3,(H2,23,24,25). The predicted molar refractivity (Wildman–Crippen MR) is 121 cm³/mol. The van der Waals surface area contributed by atoms with Crippen LogP contribution in [0.25, 0.3) is 0 Å². The van der Waals surface area contributed by atoms with E-state index in [2.05, 4.69) is 53.8 Å². The molecular formula is C22H36N4O2S. The van der Waals surface area contributed by atoms with E-state index in [9.17, 15) is 0 Å². The summed E-state index contributed by atoms with van der Waals surface area (Å²) >= 11 is 1.79. The van der Waals surface area contributed by atoms with Crippen molar-refractivity contribution in [2.24, 2.45) is 10.9 Å². The number of nitrogens with one attached hydrogen (secondary N) is 2. The number of hydrogen-bond acceptors (Lipinski definition) is 5. The number of ether oxygens (including phenoxy) is 2. The second-order valence-corrected chi connectivity index (χ2v) is 8.58. The third-order valence-corrected chi connectivity index (χ3v) is 6.52. The fourth-order valence-electron chi connectivity index (χ4n) is 4.05. The van der Waals surface area contributed by atoms with Crippen LogP contribution in [-0.2, 0) is 16.0 Å². The van der Waals surface area contributed by atoms with Gasteiger partial charge in [-0.15, -0.1) is 11.8 Å². The molecule has 7 heteroatoms. The van der Waals surface area contributed by atoms with Gasteiger partial charge in [-0.05, 0) is 43.7 Å². The highest BCUT2D eigenvalue weighted by molar-refractivity contribution is 7.98. The Kier molecular flexibility index (Phi) is 9.11. The van der Waals surface area contributed by atoms with Crippen molar-refractivity contribution >= 4 is 17.7 Å². The Morgan fingerprint density at radius 1 is 1.24 bits per heavy atom. The first-order valence-electron chi connectivity index (χ1n) is 10.8. The van der Waals surface area contributed by atoms with Crippen LogP contribution in [0.2, 0.25) is 0 Å². The van der Waals surface area contributed by atoms with Crippen molar-refractivity contribution in [2.45, 2.75) is 37.8 Å². The van der Waals surface area contributed by atoms with Crippen LogP contribution in [0, 0.1) is 12.8 Å². The third kappa shape index (κ3) is 6.60. The summed E-state index contributed by atoms with van der Waals surface area (Å²) in [6.07, 6.45) is 3.26. The fraction of sp³-hybridized carbons (Fsp3) is 0.682. The van der Waals surface area contributed by atoms with Gasteiger partial charge in [0.25, 0.3) is 0 Å². The molecule has 0 aromatic heterocycles. The Bertz CT molecular complexity index is 658. The SMILES string of the molecule is CCNC(=NCc1ccc(C)cc1SC)NCC(C1CCOC1)N1CCOCC1. The van der Waals surface area contributed by atoms with Crippen molar-refractivity contribution in [3.05, 3.63) is 29.3 Å². The quantitative estimate of drug-likeness (QED) is 0.383. The van der Waals surface area contributed by atoms with Crippen molar-refractivity contribution in [3.63, 3.8) is 0 Å². The monoisotopic (exact) mass is 420 g/mol. The molecule has 29 heavy (non-hydrogen) atoms. The number of aliphatic imine (C=N–C) groups is 1. The minimum Gasteiger partial charge on any atom is -0.381 e. The lowest BCUT2D eigenvalue weighted by atomic mass is 9.97. The maximum atomic E-state index is 5.69. The summed E-state index contributed by atoms with van der Waals surface area (Å²) in [5, 5.41) is 7.02. The molecule has 0 aliphatic carbocycles. The zero-order valence-corrected chi connectivity index (χ0v) is 18.9. The Morgan fingerprint density at radius 2 is 2.07 bits per heavy atom. The van der Waals surface area contributed by atoms with Crippen molar-refractivity contribution in [2.75, 3.05) is 58.9 Å². The molecular weight excluding hydrogens is 384 g/mol. The average molecular weight is 421 g/mol. The molecule has 0 radical (unpaired) electrons. The van der Waals surface area contributed by atoms with E-state index in [1.807, 2.05) is 0 Å². The second-order valence-electron chi connectivity index (χ2n) is 7.73. The Labute approximate surface area is 179 Å². The smallest absolute Gasteiger partial charge is 0.191 e. The molecule has 6 nitrogen and oxygen atoms in total. The summed E-state index contributed by atoms with van der Waals surface area (Å²) in [7, 11) is 0. The largest absolute Gasteiger partial charge is 0.381 e. The van der Waals surface area contributed by atoms with Gasteiger partial charge in [0, 0.05) is 49.6 Å². The minimum atomic E-state index is 0.450. The second kappa shape index (κ2) is 11.8. The molecule has 2 N–H and O–H groups in total. The third-order valence-electron chi connectivity index (χ3n) is 5.70. The van der Waals surface area contributed by atoms with Gasteiger partial charge >= 0.3 is 0 Å². The Morgan fingerprint density at radius 3 is 2.76 bits per heavy atom. The summed E-state index contributed by atoms with van der Waals surface area (Å²) in [5.41, 5.74) is 2.56. The molecule has 0 bridgehead atoms. The molecule has 0 spiro atoms. The van der Waals surface area contributed by atoms with Crippen LogP contribution in [-0.4, -0.2) is 75.8 Å². The number of guanidine groups is 1. The van der Waals surface area contributed by atoms with Gasteiger partial charge in [-0.2, -0.15) is 0 Å². The van der Waals surface area contributed by atoms with Gasteiger partial charge in [-0.25, -0.2) is 4.99 Å². The van der Waals surface area contributed by atoms with Crippen LogP contribution < -0.4 is 10.6 Å². The van der Waals surface area contributed by atoms with E-state index >= 15 is 0 Å². The van der Waals surface area contributed by atoms with E-state index in [1.165, 1.54) is 16.0 Å². The van der Waals surface area contributed by atoms with Gasteiger partial charge in [0.1, 0.15) is 0 Å². The minimum absolute atomic E-state index is 0.450. The van der Waals surface area contributed by atoms with E-state index in [0.717, 1.165) is 65.0 Å². The van der Waals surface area contributed by atoms with E-state index < -0.39 is 0 Å². The molecule has 2 saturated heterocycles. The van der Waals surface area contributed by atoms with Gasteiger partial charge in [-0.1, -0.05) is 12.1 Å². The van der Waals surface area contributed by atoms with Gasteiger partial charge in [0.05, 0.1) is 26.4 Å². The zero-order chi connectivity index (χ0) is 20.5. The van der Waals surface area contributed by atoms with E-state index in [-0.39, 0.29) is 0 Å². The van der Waals surface area contributed by atoms with E-state index in [1.54, 1.807) is 11.8 Å². The number of nitrogens with zero attached hydrogens (tertiary/aromatic N) is 2. The highest BCUT2D eigenvalue weighted by Crippen LogP contribution is 2.23. The molecule has 2 heterocycles. The molecule has 3 rings (SSSR count). The summed E-state index contributed by atoms with van der Waals surface area (Å²) in [4.78, 5) is 8.74. The number of morpholine rings is 1. The first kappa shape index (κ1) is 22.4. The van der Waals surface area contributed by atoms with E-state index in [4.69, 9.17) is 14.5 Å². The summed E-state index contributed by atoms with van der Waals surface area (Å²) in [5.74, 6) is 1.46. The molecule has 2 unspecified atom stereocenters. The Hall–Kier alpha value is -1.28. The van der Waals surface area contributed by atoms with E-state index in [0.29, 0.717) is 18.5 Å². The molecule has 162 valence electrons. The number of thioether (sulfide) groups is 1. The number of aryl methyl sites for hydroxylation is 1. The summed E-state index contributed by atoms with van der Waals surface area (Å²) in [6.45, 7) is 12.0. The molecule has 0 amide bonds. The van der Waals surface area contributed by atoms with Crippen LogP contribution in [0.5, 0.6) is 0 Å². The van der Waals surface area contributed by atoms with Crippen LogP contribution in [0.4, 0.5) is 0 Å². The van der Waals surface area contributed by atoms with Gasteiger partial charge in [0.2, 0.25) is 0 Å². The van der Waals surface area contributed by atoms with Gasteiger partial charge in [-0.3, -0.25) is 4.90 Å². The number of rotatable bonds is 8. The molecule has 1 aromatic rings. The van der Waals surface area contributed by atoms with Crippen LogP contribution in [0.15, 0.2) is 28.1 Å². The first-order valence-corrected chi connectivity index (χ1v) is 12.0. The van der Waals surface area contributed by atoms with Crippen molar-refractivity contribution in [1.82, 2.24) is 15.5 Å². The molecule has 0 saturated carbocycles. The number of benzene rings is 1. The predicted octanol–water partition coefficient (Wildman–Crippen LogP) is 2.51. The molecule has 2 atom stereocenters. The summed E-state index contributed by atoms with van der Waals surface area (Å²) < 4.78 is 11.3. The van der Waals surface area contributed by atoms with Gasteiger partial charge in [0.15, 0.2) is 5.96 Å². The molecule has 2 aliphatic heterocycles.